The van der Waals surface area contributed by atoms with Gasteiger partial charge in [-0.25, -0.2) is 4.57 Å². The number of hydrogen-bond donors (Lipinski definition) is 0. The van der Waals surface area contributed by atoms with E-state index in [4.69, 9.17) is 13.8 Å². The molecule has 1 unspecified atom stereocenters. The topological polar surface area (TPSA) is 61.8 Å². The molecule has 0 heterocycles. The molecule has 1 aromatic rings. The van der Waals surface area contributed by atoms with Crippen LogP contribution < -0.4 is 9.26 Å². The molecule has 7 heteroatoms. The first-order valence-electron chi connectivity index (χ1n) is 7.36. The van der Waals surface area contributed by atoms with Crippen molar-refractivity contribution in [3.8, 4) is 11.5 Å². The van der Waals surface area contributed by atoms with Gasteiger partial charge in [-0.2, -0.15) is 0 Å². The lowest BCUT2D eigenvalue weighted by molar-refractivity contribution is 0.0992. The lowest BCUT2D eigenvalue weighted by Gasteiger charge is -2.19. The van der Waals surface area contributed by atoms with Crippen LogP contribution in [0.1, 0.15) is 42.6 Å². The Labute approximate surface area is 135 Å². The molecule has 0 saturated carbocycles. The maximum absolute atomic E-state index is 12.8. The molecular weight excluding hydrogens is 323 g/mol. The smallest absolute Gasteiger partial charge is 0.440 e. The number of hydrogen-bond acceptors (Lipinski definition) is 6. The lowest BCUT2D eigenvalue weighted by atomic mass is 10.1. The Balaban J connectivity index is 2.33. The maximum atomic E-state index is 12.8. The fourth-order valence-electron chi connectivity index (χ4n) is 2.35. The van der Waals surface area contributed by atoms with Crippen LogP contribution in [-0.4, -0.2) is 25.3 Å². The van der Waals surface area contributed by atoms with Crippen LogP contribution in [0.25, 0.3) is 0 Å². The molecule has 122 valence electrons. The van der Waals surface area contributed by atoms with Crippen molar-refractivity contribution in [1.29, 1.82) is 0 Å². The fourth-order valence-corrected chi connectivity index (χ4v) is 5.82. The number of benzene rings is 1. The summed E-state index contributed by atoms with van der Waals surface area (Å²) in [5.74, 6) is 1.72. The summed E-state index contributed by atoms with van der Waals surface area (Å²) in [6.07, 6.45) is 1.88. The Kier molecular flexibility index (Phi) is 5.95. The quantitative estimate of drug-likeness (QED) is 0.648. The summed E-state index contributed by atoms with van der Waals surface area (Å²) in [6.45, 7) is 0.831. The van der Waals surface area contributed by atoms with Crippen LogP contribution in [0.5, 0.6) is 11.5 Å². The van der Waals surface area contributed by atoms with Gasteiger partial charge in [-0.05, 0) is 43.3 Å². The number of methoxy groups -OCH3 is 1. The van der Waals surface area contributed by atoms with Crippen LogP contribution in [0.4, 0.5) is 0 Å². The molecule has 1 aliphatic rings. The van der Waals surface area contributed by atoms with E-state index >= 15 is 0 Å². The van der Waals surface area contributed by atoms with Gasteiger partial charge in [-0.1, -0.05) is 6.92 Å². The van der Waals surface area contributed by atoms with E-state index in [-0.39, 0.29) is 5.78 Å². The number of fused-ring (bicyclic) bond motifs is 1. The van der Waals surface area contributed by atoms with E-state index in [2.05, 4.69) is 0 Å². The number of ketones is 1. The van der Waals surface area contributed by atoms with Gasteiger partial charge in [0.05, 0.1) is 19.3 Å². The third-order valence-corrected chi connectivity index (χ3v) is 7.22. The van der Waals surface area contributed by atoms with E-state index in [0.29, 0.717) is 42.3 Å². The monoisotopic (exact) mass is 344 g/mol. The van der Waals surface area contributed by atoms with Gasteiger partial charge >= 0.3 is 6.80 Å². The van der Waals surface area contributed by atoms with Crippen LogP contribution in [-0.2, 0) is 15.5 Å². The molecule has 0 radical (unpaired) electrons. The zero-order chi connectivity index (χ0) is 16.2. The van der Waals surface area contributed by atoms with Crippen LogP contribution in [0.2, 0.25) is 0 Å². The lowest BCUT2D eigenvalue weighted by Crippen LogP contribution is -2.01. The molecule has 22 heavy (non-hydrogen) atoms. The number of Topliss-reactive ketones (excluding diaryl/α,β-unsaturated/α-hetero) is 1. The average molecular weight is 344 g/mol. The first-order valence-corrected chi connectivity index (χ1v) is 10.5. The average Bonchev–Trinajstić information content (AvgIpc) is 2.89. The minimum atomic E-state index is -3.27. The van der Waals surface area contributed by atoms with E-state index in [1.54, 1.807) is 19.1 Å². The van der Waals surface area contributed by atoms with Crippen molar-refractivity contribution >= 4 is 24.0 Å². The summed E-state index contributed by atoms with van der Waals surface area (Å²) in [5.41, 5.74) is 1.31. The summed E-state index contributed by atoms with van der Waals surface area (Å²) >= 11 is 1.19. The molecule has 0 amide bonds. The summed E-state index contributed by atoms with van der Waals surface area (Å²) in [6, 6.07) is 3.38. The molecule has 0 aromatic heterocycles. The summed E-state index contributed by atoms with van der Waals surface area (Å²) < 4.78 is 29.1. The van der Waals surface area contributed by atoms with Crippen molar-refractivity contribution in [3.05, 3.63) is 23.3 Å². The highest BCUT2D eigenvalue weighted by molar-refractivity contribution is 8.55. The normalized spacial score (nSPS) is 16.2. The van der Waals surface area contributed by atoms with Gasteiger partial charge < -0.3 is 9.26 Å². The number of carbonyl (C=O) groups is 1. The molecular formula is C15H21O5PS. The molecule has 0 bridgehead atoms. The number of rotatable bonds is 8. The second kappa shape index (κ2) is 7.53. The molecule has 5 nitrogen and oxygen atoms in total. The standard InChI is InChI=1S/C15H21O5PS/c1-4-10-22-21(17,19-5-2)20-13-8-9-14(18-3)15-11(13)6-7-12(15)16/h8-9H,4-7,10H2,1-3H3. The van der Waals surface area contributed by atoms with Gasteiger partial charge in [0.1, 0.15) is 11.5 Å². The molecule has 0 N–H and O–H groups in total. The van der Waals surface area contributed by atoms with Crippen LogP contribution in [0.3, 0.4) is 0 Å². The Morgan fingerprint density at radius 1 is 1.23 bits per heavy atom. The van der Waals surface area contributed by atoms with E-state index in [0.717, 1.165) is 12.0 Å². The highest BCUT2D eigenvalue weighted by Gasteiger charge is 2.32. The fraction of sp³-hybridized carbons (Fsp3) is 0.533. The Hall–Kier alpha value is -0.970. The van der Waals surface area contributed by atoms with Crippen LogP contribution >= 0.6 is 18.2 Å². The minimum absolute atomic E-state index is 0.0322. The van der Waals surface area contributed by atoms with Gasteiger partial charge in [0.15, 0.2) is 5.78 Å². The first-order chi connectivity index (χ1) is 10.5. The van der Waals surface area contributed by atoms with Crippen molar-refractivity contribution in [2.75, 3.05) is 19.5 Å². The van der Waals surface area contributed by atoms with Gasteiger partial charge in [-0.3, -0.25) is 9.32 Å². The second-order valence-corrected chi connectivity index (χ2v) is 8.95. The predicted octanol–water partition coefficient (Wildman–Crippen LogP) is 4.49. The van der Waals surface area contributed by atoms with Crippen molar-refractivity contribution in [3.63, 3.8) is 0 Å². The van der Waals surface area contributed by atoms with Gasteiger partial charge in [-0.15, -0.1) is 0 Å². The Morgan fingerprint density at radius 3 is 2.59 bits per heavy atom. The highest BCUT2D eigenvalue weighted by Crippen LogP contribution is 2.61. The zero-order valence-corrected chi connectivity index (χ0v) is 14.8. The van der Waals surface area contributed by atoms with E-state index in [1.165, 1.54) is 18.5 Å². The molecule has 1 atom stereocenters. The molecule has 0 saturated heterocycles. The predicted molar refractivity (Wildman–Crippen MR) is 88.3 cm³/mol. The van der Waals surface area contributed by atoms with Crippen molar-refractivity contribution in [1.82, 2.24) is 0 Å². The molecule has 0 aliphatic heterocycles. The number of ether oxygens (including phenoxy) is 1. The van der Waals surface area contributed by atoms with E-state index in [1.807, 2.05) is 6.92 Å². The zero-order valence-electron chi connectivity index (χ0n) is 13.1. The molecule has 2 rings (SSSR count). The summed E-state index contributed by atoms with van der Waals surface area (Å²) in [4.78, 5) is 12.0. The van der Waals surface area contributed by atoms with Gasteiger partial charge in [0, 0.05) is 17.7 Å². The molecule has 1 aliphatic carbocycles. The third kappa shape index (κ3) is 3.67. The van der Waals surface area contributed by atoms with Gasteiger partial charge in [0.2, 0.25) is 0 Å². The summed E-state index contributed by atoms with van der Waals surface area (Å²) in [7, 11) is 1.53. The molecule has 0 spiro atoms. The van der Waals surface area contributed by atoms with Crippen LogP contribution in [0, 0.1) is 0 Å². The third-order valence-electron chi connectivity index (χ3n) is 3.28. The minimum Gasteiger partial charge on any atom is -0.496 e. The SMILES string of the molecule is CCCSP(=O)(OCC)Oc1ccc(OC)c2c1CCC2=O. The number of carbonyl (C=O) groups excluding carboxylic acids is 1. The van der Waals surface area contributed by atoms with E-state index in [9.17, 15) is 9.36 Å². The Morgan fingerprint density at radius 2 is 1.95 bits per heavy atom. The highest BCUT2D eigenvalue weighted by atomic mass is 32.7. The van der Waals surface area contributed by atoms with Crippen molar-refractivity contribution in [2.45, 2.75) is 33.1 Å². The van der Waals surface area contributed by atoms with Crippen molar-refractivity contribution < 1.29 is 23.1 Å². The molecule has 0 fully saturated rings. The van der Waals surface area contributed by atoms with Gasteiger partial charge in [0.25, 0.3) is 0 Å². The largest absolute Gasteiger partial charge is 0.496 e. The summed E-state index contributed by atoms with van der Waals surface area (Å²) in [5, 5.41) is 0. The van der Waals surface area contributed by atoms with E-state index < -0.39 is 6.80 Å². The van der Waals surface area contributed by atoms with Crippen molar-refractivity contribution in [2.24, 2.45) is 0 Å². The Bertz CT molecular complexity index is 602. The molecule has 1 aromatic carbocycles. The first kappa shape index (κ1) is 17.4. The van der Waals surface area contributed by atoms with Crippen LogP contribution in [0.15, 0.2) is 12.1 Å². The second-order valence-electron chi connectivity index (χ2n) is 4.83. The maximum Gasteiger partial charge on any atom is 0.440 e.